The van der Waals surface area contributed by atoms with Gasteiger partial charge in [0, 0.05) is 40.6 Å². The summed E-state index contributed by atoms with van der Waals surface area (Å²) in [5.74, 6) is 0.572. The summed E-state index contributed by atoms with van der Waals surface area (Å²) >= 11 is 0. The second kappa shape index (κ2) is 6.58. The molecule has 1 atom stereocenters. The van der Waals surface area contributed by atoms with Crippen LogP contribution in [0.3, 0.4) is 0 Å². The number of nitrogens with zero attached hydrogens (tertiary/aromatic N) is 2. The molecule has 3 aliphatic rings. The number of hydrogen-bond acceptors (Lipinski definition) is 3. The van der Waals surface area contributed by atoms with Crippen molar-refractivity contribution in [3.05, 3.63) is 35.5 Å². The molecule has 6 heteroatoms. The van der Waals surface area contributed by atoms with Gasteiger partial charge in [0.25, 0.3) is 0 Å². The van der Waals surface area contributed by atoms with E-state index in [1.807, 2.05) is 17.0 Å². The minimum absolute atomic E-state index is 0.0328. The Bertz CT molecular complexity index is 1010. The maximum atomic E-state index is 13.5. The first-order valence-corrected chi connectivity index (χ1v) is 11.1. The topological polar surface area (TPSA) is 68.4 Å². The van der Waals surface area contributed by atoms with E-state index in [1.165, 1.54) is 10.9 Å². The third-order valence-electron chi connectivity index (χ3n) is 7.00. The quantitative estimate of drug-likeness (QED) is 0.803. The number of piperazine rings is 1. The molecule has 30 heavy (non-hydrogen) atoms. The average molecular weight is 409 g/mol. The summed E-state index contributed by atoms with van der Waals surface area (Å²) in [5, 5.41) is 4.88. The molecule has 5 rings (SSSR count). The van der Waals surface area contributed by atoms with Gasteiger partial charge >= 0.3 is 0 Å². The van der Waals surface area contributed by atoms with Crippen LogP contribution in [0.1, 0.15) is 51.8 Å². The second-order valence-electron chi connectivity index (χ2n) is 10.8. The summed E-state index contributed by atoms with van der Waals surface area (Å²) in [5.41, 5.74) is 3.41. The number of rotatable bonds is 2. The van der Waals surface area contributed by atoms with Gasteiger partial charge in [-0.05, 0) is 58.1 Å². The Morgan fingerprint density at radius 1 is 1.03 bits per heavy atom. The normalized spacial score (nSPS) is 26.1. The van der Waals surface area contributed by atoms with Crippen molar-refractivity contribution in [1.82, 2.24) is 20.1 Å². The Balaban J connectivity index is 1.39. The van der Waals surface area contributed by atoms with E-state index in [0.717, 1.165) is 24.1 Å². The minimum atomic E-state index is -0.374. The fraction of sp³-hybridized carbons (Fsp3) is 0.583. The van der Waals surface area contributed by atoms with E-state index >= 15 is 0 Å². The van der Waals surface area contributed by atoms with E-state index in [-0.39, 0.29) is 35.5 Å². The summed E-state index contributed by atoms with van der Waals surface area (Å²) in [6, 6.07) is 7.83. The molecule has 2 aromatic rings. The van der Waals surface area contributed by atoms with Crippen LogP contribution in [0, 0.1) is 5.92 Å². The molecular weight excluding hydrogens is 376 g/mol. The van der Waals surface area contributed by atoms with E-state index in [1.54, 1.807) is 4.90 Å². The number of piperidine rings is 1. The lowest BCUT2D eigenvalue weighted by Crippen LogP contribution is -2.64. The highest BCUT2D eigenvalue weighted by atomic mass is 16.2. The molecule has 0 spiro atoms. The van der Waals surface area contributed by atoms with E-state index in [2.05, 4.69) is 50.1 Å². The lowest BCUT2D eigenvalue weighted by atomic mass is 9.75. The van der Waals surface area contributed by atoms with Gasteiger partial charge in [-0.15, -0.1) is 0 Å². The predicted octanol–water partition coefficient (Wildman–Crippen LogP) is 2.82. The summed E-state index contributed by atoms with van der Waals surface area (Å²) in [4.78, 5) is 33.6. The number of aromatic amines is 1. The van der Waals surface area contributed by atoms with Gasteiger partial charge in [-0.2, -0.15) is 0 Å². The van der Waals surface area contributed by atoms with Gasteiger partial charge in [0.15, 0.2) is 0 Å². The van der Waals surface area contributed by atoms with E-state index in [0.29, 0.717) is 25.4 Å². The molecule has 0 radical (unpaired) electrons. The maximum absolute atomic E-state index is 13.5. The monoisotopic (exact) mass is 408 g/mol. The summed E-state index contributed by atoms with van der Waals surface area (Å²) < 4.78 is 0. The van der Waals surface area contributed by atoms with Crippen LogP contribution in [0.4, 0.5) is 0 Å². The zero-order valence-electron chi connectivity index (χ0n) is 18.4. The number of amides is 2. The number of fused-ring (bicyclic) bond motifs is 4. The number of nitrogens with one attached hydrogen (secondary N) is 2. The number of benzene rings is 1. The molecule has 1 aromatic carbocycles. The van der Waals surface area contributed by atoms with Gasteiger partial charge in [-0.3, -0.25) is 9.59 Å². The van der Waals surface area contributed by atoms with Crippen LogP contribution >= 0.6 is 0 Å². The lowest BCUT2D eigenvalue weighted by molar-refractivity contribution is -0.158. The van der Waals surface area contributed by atoms with Crippen LogP contribution < -0.4 is 5.32 Å². The van der Waals surface area contributed by atoms with Gasteiger partial charge in [0.2, 0.25) is 11.8 Å². The summed E-state index contributed by atoms with van der Waals surface area (Å²) in [6.07, 6.45) is 2.62. The molecule has 0 saturated carbocycles. The van der Waals surface area contributed by atoms with Gasteiger partial charge in [0.05, 0.1) is 13.1 Å². The Morgan fingerprint density at radius 2 is 1.73 bits per heavy atom. The van der Waals surface area contributed by atoms with Crippen molar-refractivity contribution in [2.45, 2.75) is 70.6 Å². The number of aromatic nitrogens is 1. The third-order valence-corrected chi connectivity index (χ3v) is 7.00. The van der Waals surface area contributed by atoms with Crippen LogP contribution in [-0.2, 0) is 22.6 Å². The van der Waals surface area contributed by atoms with Gasteiger partial charge < -0.3 is 20.1 Å². The van der Waals surface area contributed by atoms with Gasteiger partial charge in [-0.25, -0.2) is 0 Å². The van der Waals surface area contributed by atoms with Crippen molar-refractivity contribution in [2.75, 3.05) is 13.1 Å². The van der Waals surface area contributed by atoms with Crippen molar-refractivity contribution in [3.63, 3.8) is 0 Å². The van der Waals surface area contributed by atoms with E-state index < -0.39 is 0 Å². The molecule has 3 aliphatic heterocycles. The number of carbonyl (C=O) groups is 2. The van der Waals surface area contributed by atoms with Crippen molar-refractivity contribution in [2.24, 2.45) is 5.92 Å². The molecule has 0 aliphatic carbocycles. The molecule has 0 bridgehead atoms. The number of H-pyrrole nitrogens is 1. The Labute approximate surface area is 178 Å². The van der Waals surface area contributed by atoms with Crippen LogP contribution in [0.25, 0.3) is 10.9 Å². The molecule has 0 unspecified atom stereocenters. The van der Waals surface area contributed by atoms with Crippen molar-refractivity contribution in [1.29, 1.82) is 0 Å². The number of para-hydroxylation sites is 1. The third kappa shape index (κ3) is 3.31. The molecule has 1 aromatic heterocycles. The van der Waals surface area contributed by atoms with Crippen LogP contribution in [0.5, 0.6) is 0 Å². The lowest BCUT2D eigenvalue weighted by Gasteiger charge is -2.49. The smallest absolute Gasteiger partial charge is 0.246 e. The zero-order valence-corrected chi connectivity index (χ0v) is 18.4. The number of carbonyl (C=O) groups excluding carboxylic acids is 2. The SMILES string of the molecule is CC1(C)CC(CN2CC(=O)N3Cc4[nH]c5ccccc5c4C[C@H]3C2=O)CC(C)(C)N1. The standard InChI is InChI=1S/C24H32N4O2/c1-23(2)10-15(11-24(3,4)26-23)12-27-14-21(29)28-13-19-17(9-20(28)22(27)30)16-7-5-6-8-18(16)25-19/h5-8,15,20,25-26H,9-14H2,1-4H3/t20-/m0/s1. The molecule has 4 heterocycles. The molecular formula is C24H32N4O2. The summed E-state index contributed by atoms with van der Waals surface area (Å²) in [7, 11) is 0. The Kier molecular flexibility index (Phi) is 4.30. The van der Waals surface area contributed by atoms with E-state index in [4.69, 9.17) is 0 Å². The first-order valence-electron chi connectivity index (χ1n) is 11.1. The minimum Gasteiger partial charge on any atom is -0.357 e. The van der Waals surface area contributed by atoms with Gasteiger partial charge in [0.1, 0.15) is 6.04 Å². The van der Waals surface area contributed by atoms with Crippen molar-refractivity contribution < 1.29 is 9.59 Å². The first-order chi connectivity index (χ1) is 14.1. The molecule has 6 nitrogen and oxygen atoms in total. The Hall–Kier alpha value is -2.34. The zero-order chi connectivity index (χ0) is 21.3. The highest BCUT2D eigenvalue weighted by Crippen LogP contribution is 2.36. The summed E-state index contributed by atoms with van der Waals surface area (Å²) in [6.45, 7) is 10.3. The van der Waals surface area contributed by atoms with Crippen LogP contribution in [-0.4, -0.2) is 56.8 Å². The van der Waals surface area contributed by atoms with Gasteiger partial charge in [-0.1, -0.05) is 18.2 Å². The Morgan fingerprint density at radius 3 is 2.47 bits per heavy atom. The largest absolute Gasteiger partial charge is 0.357 e. The van der Waals surface area contributed by atoms with Crippen LogP contribution in [0.15, 0.2) is 24.3 Å². The highest BCUT2D eigenvalue weighted by molar-refractivity contribution is 5.96. The molecule has 2 saturated heterocycles. The van der Waals surface area contributed by atoms with Crippen molar-refractivity contribution in [3.8, 4) is 0 Å². The highest BCUT2D eigenvalue weighted by Gasteiger charge is 2.45. The van der Waals surface area contributed by atoms with Crippen LogP contribution in [0.2, 0.25) is 0 Å². The molecule has 2 fully saturated rings. The average Bonchev–Trinajstić information content (AvgIpc) is 3.00. The predicted molar refractivity (Wildman–Crippen MR) is 117 cm³/mol. The number of hydrogen-bond donors (Lipinski definition) is 2. The first kappa shape index (κ1) is 19.6. The van der Waals surface area contributed by atoms with E-state index in [9.17, 15) is 9.59 Å². The fourth-order valence-corrected chi connectivity index (χ4v) is 6.36. The van der Waals surface area contributed by atoms with Crippen molar-refractivity contribution >= 4 is 22.7 Å². The molecule has 2 amide bonds. The molecule has 160 valence electrons. The fourth-order valence-electron chi connectivity index (χ4n) is 6.36. The maximum Gasteiger partial charge on any atom is 0.246 e. The molecule has 2 N–H and O–H groups in total. The second-order valence-corrected chi connectivity index (χ2v) is 10.8.